The highest BCUT2D eigenvalue weighted by atomic mass is 35.5. The molecular weight excluding hydrogens is 240 g/mol. The molecule has 0 spiro atoms. The summed E-state index contributed by atoms with van der Waals surface area (Å²) in [5, 5.41) is 3.05. The Bertz CT molecular complexity index is 387. The summed E-state index contributed by atoms with van der Waals surface area (Å²) in [4.78, 5) is 0. The Kier molecular flexibility index (Phi) is 3.46. The largest absolute Gasteiger partial charge is 0.454 e. The van der Waals surface area contributed by atoms with Crippen LogP contribution >= 0.6 is 11.6 Å². The predicted octanol–water partition coefficient (Wildman–Crippen LogP) is 2.42. The van der Waals surface area contributed by atoms with Gasteiger partial charge in [0, 0.05) is 6.54 Å². The normalized spacial score (nSPS) is 13.5. The average molecular weight is 250 g/mol. The first-order valence-electron chi connectivity index (χ1n) is 4.73. The van der Waals surface area contributed by atoms with Crippen LogP contribution in [0.4, 0.5) is 8.78 Å². The third kappa shape index (κ3) is 2.54. The molecule has 0 fully saturated rings. The van der Waals surface area contributed by atoms with E-state index in [1.54, 1.807) is 12.1 Å². The molecule has 16 heavy (non-hydrogen) atoms. The monoisotopic (exact) mass is 249 g/mol. The van der Waals surface area contributed by atoms with Crippen molar-refractivity contribution in [2.24, 2.45) is 0 Å². The molecule has 0 atom stereocenters. The molecule has 0 amide bonds. The van der Waals surface area contributed by atoms with Crippen molar-refractivity contribution in [1.29, 1.82) is 0 Å². The van der Waals surface area contributed by atoms with Crippen LogP contribution in [0.5, 0.6) is 11.5 Å². The number of fused-ring (bicyclic) bond motifs is 1. The summed E-state index contributed by atoms with van der Waals surface area (Å²) < 4.78 is 34.1. The van der Waals surface area contributed by atoms with E-state index in [1.165, 1.54) is 0 Å². The van der Waals surface area contributed by atoms with Gasteiger partial charge in [-0.1, -0.05) is 11.6 Å². The molecule has 88 valence electrons. The first kappa shape index (κ1) is 11.4. The van der Waals surface area contributed by atoms with Crippen LogP contribution in [0.3, 0.4) is 0 Å². The van der Waals surface area contributed by atoms with Gasteiger partial charge >= 0.3 is 0 Å². The summed E-state index contributed by atoms with van der Waals surface area (Å²) in [7, 11) is 0. The van der Waals surface area contributed by atoms with Gasteiger partial charge in [-0.15, -0.1) is 0 Å². The first-order chi connectivity index (χ1) is 7.66. The molecule has 1 aromatic carbocycles. The average Bonchev–Trinajstić information content (AvgIpc) is 2.65. The van der Waals surface area contributed by atoms with E-state index < -0.39 is 6.43 Å². The third-order valence-corrected chi connectivity index (χ3v) is 2.40. The minimum atomic E-state index is -2.36. The molecule has 0 aliphatic carbocycles. The molecule has 0 unspecified atom stereocenters. The van der Waals surface area contributed by atoms with Crippen molar-refractivity contribution in [1.82, 2.24) is 5.32 Å². The summed E-state index contributed by atoms with van der Waals surface area (Å²) in [6.45, 7) is 0.121. The predicted molar refractivity (Wildman–Crippen MR) is 55.3 cm³/mol. The van der Waals surface area contributed by atoms with Crippen molar-refractivity contribution < 1.29 is 18.3 Å². The number of benzene rings is 1. The van der Waals surface area contributed by atoms with Crippen molar-refractivity contribution in [3.63, 3.8) is 0 Å². The number of alkyl halides is 2. The molecule has 1 aliphatic rings. The van der Waals surface area contributed by atoms with E-state index in [-0.39, 0.29) is 13.3 Å². The quantitative estimate of drug-likeness (QED) is 0.889. The summed E-state index contributed by atoms with van der Waals surface area (Å²) in [6.07, 6.45) is -2.36. The molecule has 1 heterocycles. The van der Waals surface area contributed by atoms with Crippen LogP contribution in [0.1, 0.15) is 5.56 Å². The summed E-state index contributed by atoms with van der Waals surface area (Å²) in [6, 6.07) is 3.40. The Hall–Kier alpha value is -1.07. The number of hydrogen-bond donors (Lipinski definition) is 1. The zero-order valence-electron chi connectivity index (χ0n) is 8.30. The SMILES string of the molecule is FC(F)CNCc1cc(Cl)c2c(c1)OCO2. The molecule has 0 saturated carbocycles. The number of ether oxygens (including phenoxy) is 2. The van der Waals surface area contributed by atoms with Gasteiger partial charge in [0.2, 0.25) is 6.79 Å². The summed E-state index contributed by atoms with van der Waals surface area (Å²) in [5.41, 5.74) is 0.787. The lowest BCUT2D eigenvalue weighted by molar-refractivity contribution is 0.145. The lowest BCUT2D eigenvalue weighted by Gasteiger charge is -2.06. The van der Waals surface area contributed by atoms with E-state index >= 15 is 0 Å². The van der Waals surface area contributed by atoms with E-state index in [2.05, 4.69) is 5.32 Å². The zero-order chi connectivity index (χ0) is 11.5. The zero-order valence-corrected chi connectivity index (χ0v) is 9.06. The van der Waals surface area contributed by atoms with Gasteiger partial charge in [-0.3, -0.25) is 0 Å². The lowest BCUT2D eigenvalue weighted by Crippen LogP contribution is -2.20. The fourth-order valence-electron chi connectivity index (χ4n) is 1.45. The van der Waals surface area contributed by atoms with Crippen LogP contribution in [0.25, 0.3) is 0 Å². The number of rotatable bonds is 4. The summed E-state index contributed by atoms with van der Waals surface area (Å²) in [5.74, 6) is 1.07. The first-order valence-corrected chi connectivity index (χ1v) is 5.11. The standard InChI is InChI=1S/C10H10ClF2NO2/c11-7-1-6(3-14-4-9(12)13)2-8-10(7)16-5-15-8/h1-2,9,14H,3-5H2. The molecule has 0 radical (unpaired) electrons. The Morgan fingerprint density at radius 1 is 1.38 bits per heavy atom. The van der Waals surface area contributed by atoms with E-state index in [4.69, 9.17) is 21.1 Å². The molecule has 0 bridgehead atoms. The van der Waals surface area contributed by atoms with Crippen molar-refractivity contribution in [2.45, 2.75) is 13.0 Å². The molecule has 0 aromatic heterocycles. The number of nitrogens with one attached hydrogen (secondary N) is 1. The van der Waals surface area contributed by atoms with Gasteiger partial charge < -0.3 is 14.8 Å². The highest BCUT2D eigenvalue weighted by molar-refractivity contribution is 6.32. The Morgan fingerprint density at radius 3 is 2.94 bits per heavy atom. The number of halogens is 3. The Labute approximate surface area is 96.3 Å². The van der Waals surface area contributed by atoms with Crippen LogP contribution in [0, 0.1) is 0 Å². The van der Waals surface area contributed by atoms with Crippen LogP contribution in [-0.2, 0) is 6.54 Å². The second kappa shape index (κ2) is 4.84. The number of hydrogen-bond acceptors (Lipinski definition) is 3. The Balaban J connectivity index is 2.03. The van der Waals surface area contributed by atoms with Crippen molar-refractivity contribution in [3.05, 3.63) is 22.7 Å². The van der Waals surface area contributed by atoms with E-state index in [1.807, 2.05) is 0 Å². The van der Waals surface area contributed by atoms with Crippen molar-refractivity contribution >= 4 is 11.6 Å². The fraction of sp³-hybridized carbons (Fsp3) is 0.400. The highest BCUT2D eigenvalue weighted by Gasteiger charge is 2.18. The third-order valence-electron chi connectivity index (χ3n) is 2.11. The second-order valence-corrected chi connectivity index (χ2v) is 3.74. The highest BCUT2D eigenvalue weighted by Crippen LogP contribution is 2.39. The van der Waals surface area contributed by atoms with Crippen LogP contribution in [0.2, 0.25) is 5.02 Å². The lowest BCUT2D eigenvalue weighted by atomic mass is 10.2. The molecule has 1 N–H and O–H groups in total. The van der Waals surface area contributed by atoms with Crippen LogP contribution < -0.4 is 14.8 Å². The topological polar surface area (TPSA) is 30.5 Å². The fourth-order valence-corrected chi connectivity index (χ4v) is 1.74. The minimum Gasteiger partial charge on any atom is -0.454 e. The maximum absolute atomic E-state index is 11.9. The summed E-state index contributed by atoms with van der Waals surface area (Å²) >= 11 is 5.94. The van der Waals surface area contributed by atoms with Crippen LogP contribution in [-0.4, -0.2) is 19.8 Å². The molecule has 1 aliphatic heterocycles. The van der Waals surface area contributed by atoms with Gasteiger partial charge in [-0.2, -0.15) is 0 Å². The molecule has 6 heteroatoms. The van der Waals surface area contributed by atoms with Crippen molar-refractivity contribution in [3.8, 4) is 11.5 Å². The van der Waals surface area contributed by atoms with E-state index in [9.17, 15) is 8.78 Å². The maximum atomic E-state index is 11.9. The molecule has 1 aromatic rings. The second-order valence-electron chi connectivity index (χ2n) is 3.33. The van der Waals surface area contributed by atoms with Gasteiger partial charge in [0.25, 0.3) is 6.43 Å². The Morgan fingerprint density at radius 2 is 2.19 bits per heavy atom. The molecule has 0 saturated heterocycles. The van der Waals surface area contributed by atoms with E-state index in [0.29, 0.717) is 23.1 Å². The van der Waals surface area contributed by atoms with Gasteiger partial charge in [-0.05, 0) is 17.7 Å². The van der Waals surface area contributed by atoms with Gasteiger partial charge in [0.05, 0.1) is 11.6 Å². The molecule has 3 nitrogen and oxygen atoms in total. The van der Waals surface area contributed by atoms with Crippen LogP contribution in [0.15, 0.2) is 12.1 Å². The maximum Gasteiger partial charge on any atom is 0.250 e. The van der Waals surface area contributed by atoms with Gasteiger partial charge in [0.15, 0.2) is 11.5 Å². The van der Waals surface area contributed by atoms with Gasteiger partial charge in [0.1, 0.15) is 0 Å². The van der Waals surface area contributed by atoms with Gasteiger partial charge in [-0.25, -0.2) is 8.78 Å². The van der Waals surface area contributed by atoms with E-state index in [0.717, 1.165) is 5.56 Å². The molecule has 2 rings (SSSR count). The molecular formula is C10H10ClF2NO2. The van der Waals surface area contributed by atoms with Crippen molar-refractivity contribution in [2.75, 3.05) is 13.3 Å². The minimum absolute atomic E-state index is 0.142. The smallest absolute Gasteiger partial charge is 0.250 e.